The van der Waals surface area contributed by atoms with Gasteiger partial charge in [-0.2, -0.15) is 17.2 Å². The molecule has 0 fully saturated rings. The Hall–Kier alpha value is 0.480. The van der Waals surface area contributed by atoms with Crippen LogP contribution in [0.15, 0.2) is 0 Å². The van der Waals surface area contributed by atoms with E-state index in [1.54, 1.807) is 0 Å². The number of rotatable bonds is 9. The van der Waals surface area contributed by atoms with Crippen LogP contribution in [-0.4, -0.2) is 24.3 Å². The molecule has 0 saturated heterocycles. The summed E-state index contributed by atoms with van der Waals surface area (Å²) in [6.45, 7) is 5.10. The lowest BCUT2D eigenvalue weighted by atomic mass is 10.1. The van der Waals surface area contributed by atoms with E-state index < -0.39 is 7.77 Å². The van der Waals surface area contributed by atoms with Crippen molar-refractivity contribution in [2.75, 3.05) is 12.4 Å². The first-order valence-electron chi connectivity index (χ1n) is 5.55. The summed E-state index contributed by atoms with van der Waals surface area (Å²) in [5.74, 6) is 1.02. The summed E-state index contributed by atoms with van der Waals surface area (Å²) in [6.07, 6.45) is 10.6. The minimum atomic E-state index is -0.431. The van der Waals surface area contributed by atoms with Gasteiger partial charge in [0.25, 0.3) is 0 Å². The van der Waals surface area contributed by atoms with Crippen LogP contribution in [0.3, 0.4) is 0 Å². The maximum atomic E-state index is 5.52. The number of hydrogen-bond donors (Lipinski definition) is 1. The Balaban J connectivity index is 3.34. The maximum Gasteiger partial charge on any atom is 0.249 e. The molecule has 0 saturated carbocycles. The van der Waals surface area contributed by atoms with E-state index in [2.05, 4.69) is 25.9 Å². The molecule has 0 aromatic carbocycles. The fourth-order valence-corrected chi connectivity index (χ4v) is 2.62. The van der Waals surface area contributed by atoms with E-state index in [0.29, 0.717) is 5.66 Å². The molecule has 0 aromatic heterocycles. The molecular weight excluding hydrogens is 211 g/mol. The van der Waals surface area contributed by atoms with Gasteiger partial charge in [-0.1, -0.05) is 12.8 Å². The van der Waals surface area contributed by atoms with Crippen LogP contribution in [0.4, 0.5) is 0 Å². The monoisotopic (exact) mass is 235 g/mol. The van der Waals surface area contributed by atoms with Gasteiger partial charge < -0.3 is 0 Å². The second-order valence-corrected chi connectivity index (χ2v) is 6.03. The van der Waals surface area contributed by atoms with Crippen molar-refractivity contribution in [3.8, 4) is 0 Å². The largest absolute Gasteiger partial charge is 0.249 e. The molecule has 0 bridgehead atoms. The van der Waals surface area contributed by atoms with E-state index in [9.17, 15) is 0 Å². The van der Waals surface area contributed by atoms with Gasteiger partial charge in [0.15, 0.2) is 0 Å². The predicted octanol–water partition coefficient (Wildman–Crippen LogP) is 4.12. The van der Waals surface area contributed by atoms with E-state index in [1.807, 2.05) is 6.92 Å². The SMILES string of the molecule is C=[P+](OCC)C(C)CCCCCCS. The normalized spacial score (nSPS) is 14.1. The predicted molar refractivity (Wildman–Crippen MR) is 72.1 cm³/mol. The lowest BCUT2D eigenvalue weighted by Gasteiger charge is -2.03. The third-order valence-corrected chi connectivity index (χ3v) is 4.46. The Morgan fingerprint density at radius 1 is 1.29 bits per heavy atom. The minimum absolute atomic E-state index is 0.431. The van der Waals surface area contributed by atoms with Crippen LogP contribution in [0.2, 0.25) is 0 Å². The molecule has 0 amide bonds. The van der Waals surface area contributed by atoms with Crippen molar-refractivity contribution in [2.24, 2.45) is 0 Å². The van der Waals surface area contributed by atoms with Gasteiger partial charge in [-0.25, -0.2) is 0 Å². The molecule has 0 aliphatic heterocycles. The van der Waals surface area contributed by atoms with Gasteiger partial charge >= 0.3 is 0 Å². The summed E-state index contributed by atoms with van der Waals surface area (Å²) in [4.78, 5) is 0. The van der Waals surface area contributed by atoms with Gasteiger partial charge in [0.1, 0.15) is 12.0 Å². The molecule has 1 nitrogen and oxygen atoms in total. The van der Waals surface area contributed by atoms with Crippen molar-refractivity contribution < 1.29 is 4.52 Å². The standard InChI is InChI=1S/C11H23OPS/c1-4-12-13(3)11(2)9-7-5-6-8-10-14/h11H,3-10H2,1-2H3/p+1. The Morgan fingerprint density at radius 2 is 1.93 bits per heavy atom. The molecule has 14 heavy (non-hydrogen) atoms. The second-order valence-electron chi connectivity index (χ2n) is 3.61. The molecule has 0 N–H and O–H groups in total. The average molecular weight is 235 g/mol. The zero-order valence-electron chi connectivity index (χ0n) is 9.54. The molecule has 84 valence electrons. The first-order valence-corrected chi connectivity index (χ1v) is 7.70. The quantitative estimate of drug-likeness (QED) is 0.359. The summed E-state index contributed by atoms with van der Waals surface area (Å²) in [5.41, 5.74) is 0.654. The van der Waals surface area contributed by atoms with Crippen LogP contribution in [0.1, 0.15) is 46.0 Å². The lowest BCUT2D eigenvalue weighted by Crippen LogP contribution is -1.98. The highest BCUT2D eigenvalue weighted by atomic mass is 32.1. The molecule has 3 heteroatoms. The van der Waals surface area contributed by atoms with Crippen molar-refractivity contribution in [3.63, 3.8) is 0 Å². The zero-order valence-corrected chi connectivity index (χ0v) is 11.3. The van der Waals surface area contributed by atoms with E-state index in [0.717, 1.165) is 12.4 Å². The smallest absolute Gasteiger partial charge is 0.180 e. The third kappa shape index (κ3) is 7.84. The fourth-order valence-electron chi connectivity index (χ4n) is 1.34. The van der Waals surface area contributed by atoms with E-state index in [4.69, 9.17) is 4.52 Å². The highest BCUT2D eigenvalue weighted by Gasteiger charge is 2.17. The van der Waals surface area contributed by atoms with Crippen LogP contribution in [0.25, 0.3) is 0 Å². The van der Waals surface area contributed by atoms with Crippen LogP contribution in [0.5, 0.6) is 0 Å². The number of thiol groups is 1. The van der Waals surface area contributed by atoms with Crippen LogP contribution in [-0.2, 0) is 4.52 Å². The minimum Gasteiger partial charge on any atom is -0.180 e. The first kappa shape index (κ1) is 14.5. The van der Waals surface area contributed by atoms with Gasteiger partial charge in [-0.05, 0) is 38.9 Å². The van der Waals surface area contributed by atoms with Gasteiger partial charge in [-0.3, -0.25) is 0 Å². The summed E-state index contributed by atoms with van der Waals surface area (Å²) in [5, 5.41) is 0. The Bertz CT molecular complexity index is 150. The molecule has 2 unspecified atom stereocenters. The molecule has 0 radical (unpaired) electrons. The molecule has 0 heterocycles. The molecular formula is C11H24OPS+. The molecule has 2 atom stereocenters. The van der Waals surface area contributed by atoms with Crippen molar-refractivity contribution in [1.82, 2.24) is 0 Å². The summed E-state index contributed by atoms with van der Waals surface area (Å²) in [6, 6.07) is 0. The highest BCUT2D eigenvalue weighted by molar-refractivity contribution is 7.80. The summed E-state index contributed by atoms with van der Waals surface area (Å²) < 4.78 is 5.52. The molecule has 0 rings (SSSR count). The van der Waals surface area contributed by atoms with Crippen LogP contribution < -0.4 is 0 Å². The highest BCUT2D eigenvalue weighted by Crippen LogP contribution is 2.31. The van der Waals surface area contributed by atoms with Gasteiger partial charge in [0.05, 0.1) is 6.61 Å². The van der Waals surface area contributed by atoms with Gasteiger partial charge in [-0.15, -0.1) is 0 Å². The van der Waals surface area contributed by atoms with Crippen molar-refractivity contribution >= 4 is 26.7 Å². The number of hydrogen-bond acceptors (Lipinski definition) is 2. The maximum absolute atomic E-state index is 5.52. The lowest BCUT2D eigenvalue weighted by molar-refractivity contribution is 0.381. The summed E-state index contributed by atoms with van der Waals surface area (Å²) >= 11 is 4.20. The van der Waals surface area contributed by atoms with Crippen molar-refractivity contribution in [1.29, 1.82) is 0 Å². The Labute approximate surface area is 95.5 Å². The molecule has 0 spiro atoms. The zero-order chi connectivity index (χ0) is 10.8. The van der Waals surface area contributed by atoms with Crippen LogP contribution >= 0.6 is 20.4 Å². The van der Waals surface area contributed by atoms with Crippen molar-refractivity contribution in [2.45, 2.75) is 51.6 Å². The van der Waals surface area contributed by atoms with E-state index in [-0.39, 0.29) is 0 Å². The van der Waals surface area contributed by atoms with Gasteiger partial charge in [0, 0.05) is 0 Å². The second kappa shape index (κ2) is 10.0. The third-order valence-electron chi connectivity index (χ3n) is 2.32. The van der Waals surface area contributed by atoms with E-state index in [1.165, 1.54) is 32.1 Å². The van der Waals surface area contributed by atoms with Crippen molar-refractivity contribution in [3.05, 3.63) is 0 Å². The summed E-state index contributed by atoms with van der Waals surface area (Å²) in [7, 11) is -0.431. The average Bonchev–Trinajstić information content (AvgIpc) is 2.17. The number of unbranched alkanes of at least 4 members (excludes halogenated alkanes) is 3. The first-order chi connectivity index (χ1) is 6.72. The fraction of sp³-hybridized carbons (Fsp3) is 0.909. The Morgan fingerprint density at radius 3 is 2.50 bits per heavy atom. The molecule has 0 aliphatic rings. The Kier molecular flexibility index (Phi) is 10.4. The molecule has 0 aliphatic carbocycles. The topological polar surface area (TPSA) is 9.23 Å². The van der Waals surface area contributed by atoms with E-state index >= 15 is 0 Å². The van der Waals surface area contributed by atoms with Gasteiger partial charge in [0.2, 0.25) is 7.77 Å². The van der Waals surface area contributed by atoms with Crippen LogP contribution in [0, 0.1) is 0 Å². The molecule has 0 aromatic rings.